The monoisotopic (exact) mass is 202 g/mol. The van der Waals surface area contributed by atoms with Gasteiger partial charge < -0.3 is 5.73 Å². The average molecular weight is 203 g/mol. The van der Waals surface area contributed by atoms with Crippen molar-refractivity contribution in [2.75, 3.05) is 0 Å². The number of alkyl halides is 1. The Kier molecular flexibility index (Phi) is 1.77. The van der Waals surface area contributed by atoms with Crippen LogP contribution in [0.5, 0.6) is 0 Å². The van der Waals surface area contributed by atoms with Gasteiger partial charge in [0, 0.05) is 0 Å². The predicted molar refractivity (Wildman–Crippen MR) is 48.6 cm³/mol. The van der Waals surface area contributed by atoms with Gasteiger partial charge in [-0.05, 0) is 18.3 Å². The Hall–Kier alpha value is -0.770. The van der Waals surface area contributed by atoms with Crippen molar-refractivity contribution in [2.45, 2.75) is 18.7 Å². The molecule has 2 aliphatic carbocycles. The largest absolute Gasteiger partial charge is 0.397 e. The molecule has 0 aromatic carbocycles. The van der Waals surface area contributed by atoms with Crippen LogP contribution in [0.4, 0.5) is 0 Å². The number of allylic oxidation sites excluding steroid dienone is 2. The second-order valence-corrected chi connectivity index (χ2v) is 4.40. The van der Waals surface area contributed by atoms with Gasteiger partial charge in [0.05, 0.1) is 21.9 Å². The van der Waals surface area contributed by atoms with E-state index < -0.39 is 0 Å². The van der Waals surface area contributed by atoms with Crippen molar-refractivity contribution in [3.05, 3.63) is 21.5 Å². The lowest BCUT2D eigenvalue weighted by Crippen LogP contribution is -2.20. The number of halogens is 1. The van der Waals surface area contributed by atoms with Gasteiger partial charge in [0.1, 0.15) is 0 Å². The van der Waals surface area contributed by atoms with Gasteiger partial charge in [-0.3, -0.25) is 10.1 Å². The summed E-state index contributed by atoms with van der Waals surface area (Å²) in [7, 11) is 0. The van der Waals surface area contributed by atoms with Gasteiger partial charge in [-0.2, -0.15) is 0 Å². The van der Waals surface area contributed by atoms with Gasteiger partial charge in [0.25, 0.3) is 5.70 Å². The summed E-state index contributed by atoms with van der Waals surface area (Å²) in [5.41, 5.74) is 6.22. The molecule has 0 aromatic heterocycles. The Morgan fingerprint density at radius 2 is 2.31 bits per heavy atom. The van der Waals surface area contributed by atoms with Gasteiger partial charge >= 0.3 is 0 Å². The molecule has 5 heteroatoms. The molecule has 4 nitrogen and oxygen atoms in total. The van der Waals surface area contributed by atoms with Crippen LogP contribution in [0.3, 0.4) is 0 Å². The van der Waals surface area contributed by atoms with Crippen molar-refractivity contribution in [3.8, 4) is 0 Å². The molecule has 13 heavy (non-hydrogen) atoms. The minimum Gasteiger partial charge on any atom is -0.397 e. The van der Waals surface area contributed by atoms with E-state index in [0.29, 0.717) is 18.0 Å². The van der Waals surface area contributed by atoms with Crippen molar-refractivity contribution in [1.82, 2.24) is 0 Å². The highest BCUT2D eigenvalue weighted by atomic mass is 35.5. The third-order valence-electron chi connectivity index (χ3n) is 3.02. The number of nitro groups is 1. The Balaban J connectivity index is 2.34. The summed E-state index contributed by atoms with van der Waals surface area (Å²) in [6.07, 6.45) is 0.612. The van der Waals surface area contributed by atoms with E-state index in [2.05, 4.69) is 0 Å². The summed E-state index contributed by atoms with van der Waals surface area (Å²) in [5, 5.41) is 10.6. The lowest BCUT2D eigenvalue weighted by molar-refractivity contribution is -0.433. The van der Waals surface area contributed by atoms with E-state index in [1.807, 2.05) is 6.92 Å². The fourth-order valence-electron chi connectivity index (χ4n) is 2.34. The fourth-order valence-corrected chi connectivity index (χ4v) is 2.95. The van der Waals surface area contributed by atoms with E-state index in [9.17, 15) is 10.1 Å². The van der Waals surface area contributed by atoms with Gasteiger partial charge in [-0.15, -0.1) is 11.6 Å². The fraction of sp³-hybridized carbons (Fsp3) is 0.750. The first-order valence-electron chi connectivity index (χ1n) is 4.31. The normalized spacial score (nSPS) is 42.9. The maximum atomic E-state index is 10.7. The molecular weight excluding hydrogens is 192 g/mol. The van der Waals surface area contributed by atoms with Crippen LogP contribution < -0.4 is 5.73 Å². The highest BCUT2D eigenvalue weighted by molar-refractivity contribution is 6.23. The molecule has 2 rings (SSSR count). The zero-order chi connectivity index (χ0) is 9.75. The molecule has 0 amide bonds. The maximum Gasteiger partial charge on any atom is 0.269 e. The van der Waals surface area contributed by atoms with Gasteiger partial charge in [-0.1, -0.05) is 6.92 Å². The first kappa shape index (κ1) is 8.81. The summed E-state index contributed by atoms with van der Waals surface area (Å²) in [4.78, 5) is 10.3. The summed E-state index contributed by atoms with van der Waals surface area (Å²) >= 11 is 5.96. The Morgan fingerprint density at radius 1 is 1.69 bits per heavy atom. The third-order valence-corrected chi connectivity index (χ3v) is 3.59. The highest BCUT2D eigenvalue weighted by Crippen LogP contribution is 2.57. The number of rotatable bonds is 1. The molecule has 1 saturated carbocycles. The van der Waals surface area contributed by atoms with Crippen LogP contribution in [-0.4, -0.2) is 10.3 Å². The van der Waals surface area contributed by atoms with Crippen LogP contribution in [0.15, 0.2) is 11.4 Å². The minimum atomic E-state index is -0.374. The van der Waals surface area contributed by atoms with E-state index in [4.69, 9.17) is 17.3 Å². The lowest BCUT2D eigenvalue weighted by Gasteiger charge is -2.15. The Bertz CT molecular complexity index is 303. The van der Waals surface area contributed by atoms with Crippen LogP contribution in [0.2, 0.25) is 0 Å². The molecule has 0 bridgehead atoms. The average Bonchev–Trinajstić information content (AvgIpc) is 2.61. The summed E-state index contributed by atoms with van der Waals surface area (Å²) in [6, 6.07) is 0. The van der Waals surface area contributed by atoms with E-state index >= 15 is 0 Å². The standard InChI is InChI=1S/C8H11ClN2O2/c1-3-2-4(10)8(11(12)13)6-5(3)7(6)9/h3,5-7H,2,10H2,1H3/t3-,5+,6+,7?/m0/s1. The van der Waals surface area contributed by atoms with E-state index in [-0.39, 0.29) is 27.8 Å². The molecular formula is C8H11ClN2O2. The molecule has 2 aliphatic rings. The smallest absolute Gasteiger partial charge is 0.269 e. The van der Waals surface area contributed by atoms with Crippen molar-refractivity contribution < 1.29 is 4.92 Å². The van der Waals surface area contributed by atoms with Crippen LogP contribution in [0, 0.1) is 27.9 Å². The first-order chi connectivity index (χ1) is 6.04. The molecule has 0 aliphatic heterocycles. The third kappa shape index (κ3) is 1.12. The molecule has 1 unspecified atom stereocenters. The number of fused-ring (bicyclic) bond motifs is 1. The SMILES string of the molecule is C[C@H]1CC(N)=C([N+](=O)[O-])[C@H]2C(Cl)[C@H]12. The van der Waals surface area contributed by atoms with Crippen molar-refractivity contribution >= 4 is 11.6 Å². The zero-order valence-corrected chi connectivity index (χ0v) is 7.99. The number of nitrogens with zero attached hydrogens (tertiary/aromatic N) is 1. The van der Waals surface area contributed by atoms with Crippen LogP contribution in [-0.2, 0) is 0 Å². The number of hydrogen-bond acceptors (Lipinski definition) is 3. The lowest BCUT2D eigenvalue weighted by atomic mass is 9.92. The number of hydrogen-bond donors (Lipinski definition) is 1. The molecule has 0 heterocycles. The summed E-state index contributed by atoms with van der Waals surface area (Å²) < 4.78 is 0. The zero-order valence-electron chi connectivity index (χ0n) is 7.24. The Labute approximate surface area is 80.9 Å². The maximum absolute atomic E-state index is 10.7. The Morgan fingerprint density at radius 3 is 2.85 bits per heavy atom. The molecule has 0 saturated heterocycles. The van der Waals surface area contributed by atoms with Crippen LogP contribution in [0.1, 0.15) is 13.3 Å². The molecule has 0 spiro atoms. The van der Waals surface area contributed by atoms with Crippen LogP contribution >= 0.6 is 11.6 Å². The summed E-state index contributed by atoms with van der Waals surface area (Å²) in [5.74, 6) is 0.561. The summed E-state index contributed by atoms with van der Waals surface area (Å²) in [6.45, 7) is 2.05. The predicted octanol–water partition coefficient (Wildman–Crippen LogP) is 1.33. The van der Waals surface area contributed by atoms with Crippen molar-refractivity contribution in [3.63, 3.8) is 0 Å². The van der Waals surface area contributed by atoms with Crippen molar-refractivity contribution in [1.29, 1.82) is 0 Å². The van der Waals surface area contributed by atoms with E-state index in [1.165, 1.54) is 0 Å². The molecule has 2 N–H and O–H groups in total. The van der Waals surface area contributed by atoms with E-state index in [1.54, 1.807) is 0 Å². The molecule has 0 radical (unpaired) electrons. The van der Waals surface area contributed by atoms with Gasteiger partial charge in [-0.25, -0.2) is 0 Å². The highest BCUT2D eigenvalue weighted by Gasteiger charge is 2.61. The van der Waals surface area contributed by atoms with Gasteiger partial charge in [0.2, 0.25) is 0 Å². The van der Waals surface area contributed by atoms with Crippen LogP contribution in [0.25, 0.3) is 0 Å². The molecule has 72 valence electrons. The molecule has 0 aromatic rings. The van der Waals surface area contributed by atoms with E-state index in [0.717, 1.165) is 0 Å². The quantitative estimate of drug-likeness (QED) is 0.396. The topological polar surface area (TPSA) is 69.2 Å². The first-order valence-corrected chi connectivity index (χ1v) is 4.74. The molecule has 4 atom stereocenters. The second-order valence-electron chi connectivity index (χ2n) is 3.90. The minimum absolute atomic E-state index is 0.0727. The molecule has 1 fully saturated rings. The second kappa shape index (κ2) is 2.61. The van der Waals surface area contributed by atoms with Gasteiger partial charge in [0.15, 0.2) is 0 Å². The van der Waals surface area contributed by atoms with Crippen molar-refractivity contribution in [2.24, 2.45) is 23.5 Å². The number of nitrogens with two attached hydrogens (primary N) is 1.